The van der Waals surface area contributed by atoms with Crippen LogP contribution in [0.2, 0.25) is 0 Å². The minimum Gasteiger partial charge on any atom is -0.489 e. The minimum absolute atomic E-state index is 0.0588. The summed E-state index contributed by atoms with van der Waals surface area (Å²) < 4.78 is 10.2. The molecule has 0 aliphatic rings. The van der Waals surface area contributed by atoms with Crippen LogP contribution in [0.25, 0.3) is 6.08 Å². The summed E-state index contributed by atoms with van der Waals surface area (Å²) in [6, 6.07) is 8.96. The lowest BCUT2D eigenvalue weighted by molar-refractivity contribution is -0.137. The molecule has 0 atom stereocenters. The van der Waals surface area contributed by atoms with Gasteiger partial charge in [-0.25, -0.2) is 4.79 Å². The smallest absolute Gasteiger partial charge is 0.348 e. The molecular weight excluding hydrogens is 242 g/mol. The lowest BCUT2D eigenvalue weighted by atomic mass is 10.1. The first kappa shape index (κ1) is 14.5. The fourth-order valence-electron chi connectivity index (χ4n) is 1.38. The molecule has 0 N–H and O–H groups in total. The number of hydrogen-bond acceptors (Lipinski definition) is 4. The van der Waals surface area contributed by atoms with Crippen LogP contribution in [0.3, 0.4) is 0 Å². The van der Waals surface area contributed by atoms with Crippen molar-refractivity contribution >= 4 is 12.0 Å². The number of benzene rings is 1. The zero-order valence-corrected chi connectivity index (χ0v) is 10.8. The quantitative estimate of drug-likeness (QED) is 0.340. The lowest BCUT2D eigenvalue weighted by Gasteiger charge is -2.07. The third kappa shape index (κ3) is 4.32. The van der Waals surface area contributed by atoms with Crippen LogP contribution in [0.15, 0.2) is 42.5 Å². The molecule has 0 fully saturated rings. The van der Waals surface area contributed by atoms with Crippen LogP contribution < -0.4 is 4.74 Å². The predicted molar refractivity (Wildman–Crippen MR) is 72.4 cm³/mol. The van der Waals surface area contributed by atoms with E-state index in [1.165, 1.54) is 6.08 Å². The van der Waals surface area contributed by atoms with Gasteiger partial charge in [0.15, 0.2) is 0 Å². The Kier molecular flexibility index (Phi) is 5.90. The normalized spacial score (nSPS) is 10.4. The monoisotopic (exact) mass is 257 g/mol. The van der Waals surface area contributed by atoms with Gasteiger partial charge in [0.1, 0.15) is 24.0 Å². The summed E-state index contributed by atoms with van der Waals surface area (Å²) in [4.78, 5) is 11.5. The van der Waals surface area contributed by atoms with Gasteiger partial charge < -0.3 is 9.47 Å². The second kappa shape index (κ2) is 7.72. The summed E-state index contributed by atoms with van der Waals surface area (Å²) in [5.74, 6) is -0.0528. The van der Waals surface area contributed by atoms with Crippen molar-refractivity contribution in [2.75, 3.05) is 13.2 Å². The van der Waals surface area contributed by atoms with E-state index in [1.54, 1.807) is 31.2 Å². The molecular formula is C15H15NO3. The van der Waals surface area contributed by atoms with Crippen LogP contribution in [0.4, 0.5) is 0 Å². The number of ether oxygens (including phenoxy) is 2. The molecule has 0 aliphatic carbocycles. The maximum atomic E-state index is 11.5. The molecule has 0 amide bonds. The number of carbonyl (C=O) groups excluding carboxylic acids is 1. The molecule has 0 saturated carbocycles. The Morgan fingerprint density at radius 1 is 1.47 bits per heavy atom. The van der Waals surface area contributed by atoms with Gasteiger partial charge in [-0.2, -0.15) is 5.26 Å². The number of esters is 1. The molecule has 0 aliphatic heterocycles. The van der Waals surface area contributed by atoms with Crippen LogP contribution in [0, 0.1) is 11.3 Å². The zero-order chi connectivity index (χ0) is 14.1. The molecule has 0 bridgehead atoms. The van der Waals surface area contributed by atoms with E-state index in [9.17, 15) is 4.79 Å². The van der Waals surface area contributed by atoms with Crippen molar-refractivity contribution in [3.05, 3.63) is 48.1 Å². The van der Waals surface area contributed by atoms with Gasteiger partial charge in [-0.3, -0.25) is 0 Å². The molecule has 0 aromatic heterocycles. The highest BCUT2D eigenvalue weighted by atomic mass is 16.5. The molecule has 0 spiro atoms. The Balaban J connectivity index is 3.04. The fourth-order valence-corrected chi connectivity index (χ4v) is 1.38. The number of rotatable bonds is 6. The molecule has 0 unspecified atom stereocenters. The summed E-state index contributed by atoms with van der Waals surface area (Å²) in [5.41, 5.74) is 0.588. The molecule has 98 valence electrons. The van der Waals surface area contributed by atoms with Gasteiger partial charge in [-0.05, 0) is 19.1 Å². The van der Waals surface area contributed by atoms with E-state index in [0.29, 0.717) is 17.9 Å². The average Bonchev–Trinajstić information content (AvgIpc) is 2.43. The first-order valence-corrected chi connectivity index (χ1v) is 5.84. The SMILES string of the molecule is C=CCOc1ccccc1C=C(C#N)C(=O)OCC. The van der Waals surface area contributed by atoms with Crippen molar-refractivity contribution in [3.63, 3.8) is 0 Å². The second-order valence-electron chi connectivity index (χ2n) is 3.53. The molecule has 0 saturated heterocycles. The molecule has 1 aromatic rings. The Hall–Kier alpha value is -2.54. The van der Waals surface area contributed by atoms with Gasteiger partial charge in [0.25, 0.3) is 0 Å². The highest BCUT2D eigenvalue weighted by Gasteiger charge is 2.11. The van der Waals surface area contributed by atoms with Crippen LogP contribution in [0.1, 0.15) is 12.5 Å². The number of carbonyl (C=O) groups is 1. The van der Waals surface area contributed by atoms with Crippen molar-refractivity contribution in [1.82, 2.24) is 0 Å². The average molecular weight is 257 g/mol. The van der Waals surface area contributed by atoms with Gasteiger partial charge in [-0.1, -0.05) is 30.9 Å². The van der Waals surface area contributed by atoms with Gasteiger partial charge in [0.2, 0.25) is 0 Å². The van der Waals surface area contributed by atoms with E-state index < -0.39 is 5.97 Å². The van der Waals surface area contributed by atoms with E-state index in [1.807, 2.05) is 12.1 Å². The summed E-state index contributed by atoms with van der Waals surface area (Å²) in [6.45, 7) is 5.84. The summed E-state index contributed by atoms with van der Waals surface area (Å²) in [5, 5.41) is 8.98. The number of nitriles is 1. The third-order valence-electron chi connectivity index (χ3n) is 2.19. The van der Waals surface area contributed by atoms with Gasteiger partial charge in [0, 0.05) is 5.56 Å². The Labute approximate surface area is 112 Å². The fraction of sp³-hybridized carbons (Fsp3) is 0.200. The van der Waals surface area contributed by atoms with E-state index in [2.05, 4.69) is 6.58 Å². The summed E-state index contributed by atoms with van der Waals surface area (Å²) in [7, 11) is 0. The van der Waals surface area contributed by atoms with Gasteiger partial charge in [0.05, 0.1) is 6.61 Å². The number of hydrogen-bond donors (Lipinski definition) is 0. The van der Waals surface area contributed by atoms with E-state index >= 15 is 0 Å². The molecule has 4 nitrogen and oxygen atoms in total. The maximum Gasteiger partial charge on any atom is 0.348 e. The summed E-state index contributed by atoms with van der Waals surface area (Å²) >= 11 is 0. The van der Waals surface area contributed by atoms with E-state index in [0.717, 1.165) is 0 Å². The van der Waals surface area contributed by atoms with Crippen molar-refractivity contribution in [1.29, 1.82) is 5.26 Å². The van der Waals surface area contributed by atoms with Gasteiger partial charge in [-0.15, -0.1) is 0 Å². The first-order valence-electron chi connectivity index (χ1n) is 5.84. The molecule has 0 radical (unpaired) electrons. The Morgan fingerprint density at radius 3 is 2.84 bits per heavy atom. The molecule has 0 heterocycles. The maximum absolute atomic E-state index is 11.5. The predicted octanol–water partition coefficient (Wildman–Crippen LogP) is 2.72. The largest absolute Gasteiger partial charge is 0.489 e. The Morgan fingerprint density at radius 2 is 2.21 bits per heavy atom. The number of nitrogens with zero attached hydrogens (tertiary/aromatic N) is 1. The van der Waals surface area contributed by atoms with Crippen LogP contribution in [-0.4, -0.2) is 19.2 Å². The van der Waals surface area contributed by atoms with E-state index in [-0.39, 0.29) is 12.2 Å². The van der Waals surface area contributed by atoms with E-state index in [4.69, 9.17) is 14.7 Å². The third-order valence-corrected chi connectivity index (χ3v) is 2.19. The highest BCUT2D eigenvalue weighted by molar-refractivity contribution is 5.98. The highest BCUT2D eigenvalue weighted by Crippen LogP contribution is 2.21. The minimum atomic E-state index is -0.636. The molecule has 19 heavy (non-hydrogen) atoms. The van der Waals surface area contributed by atoms with Crippen LogP contribution >= 0.6 is 0 Å². The Bertz CT molecular complexity index is 526. The second-order valence-corrected chi connectivity index (χ2v) is 3.53. The van der Waals surface area contributed by atoms with Crippen molar-refractivity contribution in [3.8, 4) is 11.8 Å². The number of para-hydroxylation sites is 1. The standard InChI is InChI=1S/C15H15NO3/c1-3-9-19-14-8-6-5-7-12(14)10-13(11-16)15(17)18-4-2/h3,5-8,10H,1,4,9H2,2H3. The topological polar surface area (TPSA) is 59.3 Å². The molecule has 1 aromatic carbocycles. The molecule has 1 rings (SSSR count). The van der Waals surface area contributed by atoms with Gasteiger partial charge >= 0.3 is 5.97 Å². The van der Waals surface area contributed by atoms with Crippen molar-refractivity contribution in [2.45, 2.75) is 6.92 Å². The lowest BCUT2D eigenvalue weighted by Crippen LogP contribution is -2.06. The van der Waals surface area contributed by atoms with Crippen LogP contribution in [0.5, 0.6) is 5.75 Å². The molecule has 4 heteroatoms. The summed E-state index contributed by atoms with van der Waals surface area (Å²) in [6.07, 6.45) is 3.08. The van der Waals surface area contributed by atoms with Crippen LogP contribution in [-0.2, 0) is 9.53 Å². The van der Waals surface area contributed by atoms with Crippen molar-refractivity contribution < 1.29 is 14.3 Å². The zero-order valence-electron chi connectivity index (χ0n) is 10.8. The van der Waals surface area contributed by atoms with Crippen molar-refractivity contribution in [2.24, 2.45) is 0 Å². The first-order chi connectivity index (χ1) is 9.22.